The van der Waals surface area contributed by atoms with E-state index in [0.29, 0.717) is 43.5 Å². The number of benzene rings is 1. The zero-order valence-corrected chi connectivity index (χ0v) is 23.9. The topological polar surface area (TPSA) is 235 Å². The lowest BCUT2D eigenvalue weighted by molar-refractivity contribution is -0.466. The van der Waals surface area contributed by atoms with Gasteiger partial charge in [0.05, 0.1) is 30.8 Å². The van der Waals surface area contributed by atoms with E-state index in [1.54, 1.807) is 30.4 Å². The van der Waals surface area contributed by atoms with Gasteiger partial charge in [0.15, 0.2) is 0 Å². The molecule has 0 aromatic heterocycles. The van der Waals surface area contributed by atoms with Crippen molar-refractivity contribution in [2.45, 2.75) is 74.2 Å². The Bertz CT molecular complexity index is 1020. The summed E-state index contributed by atoms with van der Waals surface area (Å²) in [6.07, 6.45) is 8.05. The highest BCUT2D eigenvalue weighted by Crippen LogP contribution is 2.36. The number of halogens is 1. The number of aliphatic carboxylic acids is 2. The predicted octanol–water partition coefficient (Wildman–Crippen LogP) is -3.46. The van der Waals surface area contributed by atoms with Gasteiger partial charge in [-0.15, -0.1) is 11.8 Å². The van der Waals surface area contributed by atoms with Crippen LogP contribution >= 0.6 is 11.8 Å². The molecular formula is C28H43FN4O7S. The maximum absolute atomic E-state index is 13.6. The zero-order chi connectivity index (χ0) is 30.8. The van der Waals surface area contributed by atoms with Crippen molar-refractivity contribution < 1.29 is 50.2 Å². The number of rotatable bonds is 16. The molecule has 1 unspecified atom stereocenters. The van der Waals surface area contributed by atoms with Gasteiger partial charge in [0.1, 0.15) is 11.9 Å². The molecule has 1 aromatic rings. The van der Waals surface area contributed by atoms with Crippen LogP contribution in [0.15, 0.2) is 53.5 Å². The molecule has 2 rings (SSSR count). The van der Waals surface area contributed by atoms with Crippen LogP contribution in [0.3, 0.4) is 0 Å². The predicted molar refractivity (Wildman–Crippen MR) is 149 cm³/mol. The number of hydrogen-bond donors (Lipinski definition) is 7. The van der Waals surface area contributed by atoms with Gasteiger partial charge in [-0.2, -0.15) is 0 Å². The lowest BCUT2D eigenvalue weighted by Crippen LogP contribution is -2.78. The molecule has 0 spiro atoms. The number of carbonyl (C=O) groups is 2. The van der Waals surface area contributed by atoms with Gasteiger partial charge in [-0.1, -0.05) is 36.4 Å². The number of carboxylic acids is 2. The third kappa shape index (κ3) is 15.6. The normalized spacial score (nSPS) is 21.8. The first kappa shape index (κ1) is 36.1. The van der Waals surface area contributed by atoms with Crippen molar-refractivity contribution in [1.29, 1.82) is 0 Å². The maximum Gasteiger partial charge on any atom is 0.338 e. The summed E-state index contributed by atoms with van der Waals surface area (Å²) < 4.78 is 13.6. The third-order valence-corrected chi connectivity index (χ3v) is 7.59. The second-order valence-electron chi connectivity index (χ2n) is 9.82. The minimum atomic E-state index is -1.13. The van der Waals surface area contributed by atoms with E-state index in [4.69, 9.17) is 11.5 Å². The van der Waals surface area contributed by atoms with Crippen LogP contribution in [0, 0.1) is 17.7 Å². The molecule has 6 atom stereocenters. The Morgan fingerprint density at radius 3 is 2.51 bits per heavy atom. The van der Waals surface area contributed by atoms with E-state index >= 15 is 0 Å². The summed E-state index contributed by atoms with van der Waals surface area (Å²) in [4.78, 5) is 23.7. The molecule has 1 saturated carbocycles. The van der Waals surface area contributed by atoms with Crippen LogP contribution in [0.25, 0.3) is 0 Å². The first-order chi connectivity index (χ1) is 19.4. The van der Waals surface area contributed by atoms with Crippen molar-refractivity contribution >= 4 is 29.7 Å². The summed E-state index contributed by atoms with van der Waals surface area (Å²) in [6, 6.07) is 5.72. The number of hydrogen-bond acceptors (Lipinski definition) is 8. The third-order valence-electron chi connectivity index (χ3n) is 6.44. The Hall–Kier alpha value is -2.97. The van der Waals surface area contributed by atoms with E-state index in [0.717, 1.165) is 0 Å². The van der Waals surface area contributed by atoms with Gasteiger partial charge in [0.2, 0.25) is 0 Å². The lowest BCUT2D eigenvalue weighted by atomic mass is 9.89. The molecule has 11 N–H and O–H groups in total. The second kappa shape index (κ2) is 20.0. The Balaban J connectivity index is 0.000000590. The van der Waals surface area contributed by atoms with Crippen molar-refractivity contribution in [3.63, 3.8) is 0 Å². The smallest absolute Gasteiger partial charge is 0.338 e. The van der Waals surface area contributed by atoms with Crippen LogP contribution in [0.1, 0.15) is 44.9 Å². The van der Waals surface area contributed by atoms with Crippen molar-refractivity contribution in [3.05, 3.63) is 54.4 Å². The summed E-state index contributed by atoms with van der Waals surface area (Å²) in [5, 5.41) is 51.2. The number of carbonyl (C=O) groups excluding carboxylic acids is 2. The average molecular weight is 599 g/mol. The molecule has 0 amide bonds. The van der Waals surface area contributed by atoms with Crippen molar-refractivity contribution in [1.82, 2.24) is 0 Å². The maximum atomic E-state index is 13.6. The van der Waals surface area contributed by atoms with Gasteiger partial charge >= 0.3 is 5.96 Å². The minimum Gasteiger partial charge on any atom is -0.550 e. The van der Waals surface area contributed by atoms with Gasteiger partial charge in [-0.3, -0.25) is 16.5 Å². The number of nitrogens with one attached hydrogen (secondary N) is 1. The van der Waals surface area contributed by atoms with E-state index in [9.17, 15) is 39.5 Å². The Morgan fingerprint density at radius 2 is 1.88 bits per heavy atom. The van der Waals surface area contributed by atoms with Gasteiger partial charge in [0, 0.05) is 35.4 Å². The van der Waals surface area contributed by atoms with E-state index < -0.39 is 36.3 Å². The fraction of sp³-hybridized carbons (Fsp3) is 0.536. The van der Waals surface area contributed by atoms with Crippen LogP contribution in [0.4, 0.5) is 4.39 Å². The highest BCUT2D eigenvalue weighted by molar-refractivity contribution is 7.99. The molecule has 1 aliphatic rings. The van der Waals surface area contributed by atoms with E-state index in [1.807, 2.05) is 12.2 Å². The van der Waals surface area contributed by atoms with Gasteiger partial charge in [0.25, 0.3) is 0 Å². The standard InChI is InChI=1S/C22H29FO5S.C6H14N4O2/c23-18-8-5-6-9-21(18)29-14-15(24)11-12-17-16(19(25)13-20(17)26)7-3-1-2-4-10-22(27)28;7-4(5(11)12)2-1-3-10-6(8)9/h1,3,5-6,8-9,11-12,15-17,19-20,24-26H,2,4,7,10,13-14H2,(H,27,28);4H,1-3,7H2,(H,11,12)(H4,8,9,10)/b3-1-,12-11+;/t15-,16?,17-,19+,20-;4-/m10/s1. The molecule has 1 aliphatic carbocycles. The number of nitrogens with two attached hydrogens (primary N) is 2. The van der Waals surface area contributed by atoms with Gasteiger partial charge < -0.3 is 40.9 Å². The number of allylic oxidation sites excluding steroid dienone is 2. The monoisotopic (exact) mass is 598 g/mol. The summed E-state index contributed by atoms with van der Waals surface area (Å²) in [5.41, 5.74) is 13.6. The quantitative estimate of drug-likeness (QED) is 0.0326. The molecule has 41 heavy (non-hydrogen) atoms. The van der Waals surface area contributed by atoms with Gasteiger partial charge in [-0.05, 0) is 50.2 Å². The SMILES string of the molecule is NC(N)=[NH+]CCC[C@H]([NH3+])C(=O)[O-].O=C([O-])CCC/C=C\CC1[C@@H](/C=C/[C@@H](O)CSc2ccccc2F)[C@H](O)C[C@@H]1O. The first-order valence-corrected chi connectivity index (χ1v) is 14.5. The average Bonchev–Trinajstić information content (AvgIpc) is 3.18. The molecule has 0 aliphatic heterocycles. The molecular weight excluding hydrogens is 555 g/mol. The number of thioether (sulfide) groups is 1. The van der Waals surface area contributed by atoms with Crippen LogP contribution in [-0.4, -0.2) is 69.9 Å². The van der Waals surface area contributed by atoms with Crippen LogP contribution in [-0.2, 0) is 9.59 Å². The molecule has 0 saturated heterocycles. The Morgan fingerprint density at radius 1 is 1.17 bits per heavy atom. The molecule has 1 aromatic carbocycles. The molecule has 0 heterocycles. The minimum absolute atomic E-state index is 0.0171. The highest BCUT2D eigenvalue weighted by Gasteiger charge is 2.39. The van der Waals surface area contributed by atoms with E-state index in [-0.39, 0.29) is 42.2 Å². The van der Waals surface area contributed by atoms with E-state index in [1.165, 1.54) is 17.8 Å². The van der Waals surface area contributed by atoms with E-state index in [2.05, 4.69) is 10.7 Å². The lowest BCUT2D eigenvalue weighted by Gasteiger charge is -2.19. The molecule has 230 valence electrons. The number of unbranched alkanes of at least 4 members (excludes halogenated alkanes) is 1. The van der Waals surface area contributed by atoms with Crippen molar-refractivity contribution in [2.75, 3.05) is 12.3 Å². The number of aliphatic hydroxyl groups excluding tert-OH is 3. The zero-order valence-electron chi connectivity index (χ0n) is 23.1. The van der Waals surface area contributed by atoms with Crippen LogP contribution in [0.5, 0.6) is 0 Å². The fourth-order valence-electron chi connectivity index (χ4n) is 4.19. The molecule has 1 fully saturated rings. The molecule has 11 nitrogen and oxygen atoms in total. The largest absolute Gasteiger partial charge is 0.550 e. The Kier molecular flexibility index (Phi) is 17.6. The van der Waals surface area contributed by atoms with Crippen molar-refractivity contribution in [3.8, 4) is 0 Å². The molecule has 0 radical (unpaired) electrons. The first-order valence-electron chi connectivity index (χ1n) is 13.5. The summed E-state index contributed by atoms with van der Waals surface area (Å²) in [5.74, 6) is -2.55. The highest BCUT2D eigenvalue weighted by atomic mass is 32.2. The Labute approximate surface area is 244 Å². The second-order valence-corrected chi connectivity index (χ2v) is 10.9. The van der Waals surface area contributed by atoms with Crippen molar-refractivity contribution in [2.24, 2.45) is 23.3 Å². The fourth-order valence-corrected chi connectivity index (χ4v) is 5.03. The number of aliphatic hydroxyl groups is 3. The summed E-state index contributed by atoms with van der Waals surface area (Å²) in [7, 11) is 0. The van der Waals surface area contributed by atoms with Gasteiger partial charge in [-0.25, -0.2) is 4.39 Å². The molecule has 13 heteroatoms. The number of quaternary nitrogens is 1. The molecule has 0 bridgehead atoms. The summed E-state index contributed by atoms with van der Waals surface area (Å²) >= 11 is 1.22. The number of guanidine groups is 1. The van der Waals surface area contributed by atoms with Crippen LogP contribution in [0.2, 0.25) is 0 Å². The van der Waals surface area contributed by atoms with Crippen LogP contribution < -0.4 is 32.4 Å². The number of carboxylic acid groups (broad SMARTS) is 2. The summed E-state index contributed by atoms with van der Waals surface area (Å²) in [6.45, 7) is 0.557.